The highest BCUT2D eigenvalue weighted by Crippen LogP contribution is 2.38. The molecule has 0 unspecified atom stereocenters. The molecule has 0 bridgehead atoms. The fourth-order valence-electron chi connectivity index (χ4n) is 4.12. The number of carbonyl (C=O) groups excluding carboxylic acids is 1. The second-order valence-electron chi connectivity index (χ2n) is 7.77. The molecular weight excluding hydrogens is 394 g/mol. The number of benzene rings is 2. The standard InChI is InChI=1S/C25H27NO5/c1-2-3-4-7-16-30-18-12-10-17(11-13-18)22-21-23(28)19-8-5-6-9-20(19)31-24(21)25(29)26(22)14-15-27/h5-6,8-13,22,27H,2-4,7,14-16H2,1H3/t22-/m1/s1. The van der Waals surface area contributed by atoms with Gasteiger partial charge in [-0.25, -0.2) is 0 Å². The molecule has 31 heavy (non-hydrogen) atoms. The van der Waals surface area contributed by atoms with Gasteiger partial charge in [0.1, 0.15) is 11.3 Å². The quantitative estimate of drug-likeness (QED) is 0.522. The molecule has 2 heterocycles. The Labute approximate surface area is 181 Å². The zero-order valence-corrected chi connectivity index (χ0v) is 17.7. The summed E-state index contributed by atoms with van der Waals surface area (Å²) in [6, 6.07) is 13.8. The first-order valence-corrected chi connectivity index (χ1v) is 10.9. The lowest BCUT2D eigenvalue weighted by Gasteiger charge is -2.24. The van der Waals surface area contributed by atoms with E-state index in [2.05, 4.69) is 6.92 Å². The Hall–Kier alpha value is -3.12. The number of hydrogen-bond acceptors (Lipinski definition) is 5. The van der Waals surface area contributed by atoms with Gasteiger partial charge in [-0.05, 0) is 36.2 Å². The zero-order chi connectivity index (χ0) is 21.8. The Morgan fingerprint density at radius 3 is 2.55 bits per heavy atom. The number of aliphatic hydroxyl groups excluding tert-OH is 1. The molecule has 2 aromatic carbocycles. The molecule has 6 nitrogen and oxygen atoms in total. The van der Waals surface area contributed by atoms with Crippen LogP contribution in [0.4, 0.5) is 0 Å². The van der Waals surface area contributed by atoms with Crippen LogP contribution < -0.4 is 10.2 Å². The Morgan fingerprint density at radius 2 is 1.81 bits per heavy atom. The Kier molecular flexibility index (Phi) is 6.37. The first-order valence-electron chi connectivity index (χ1n) is 10.9. The Bertz CT molecular complexity index is 1120. The summed E-state index contributed by atoms with van der Waals surface area (Å²) in [5, 5.41) is 9.97. The lowest BCUT2D eigenvalue weighted by molar-refractivity contribution is 0.0691. The number of rotatable bonds is 9. The summed E-state index contributed by atoms with van der Waals surface area (Å²) >= 11 is 0. The molecule has 1 aliphatic rings. The molecule has 1 atom stereocenters. The Balaban J connectivity index is 1.66. The van der Waals surface area contributed by atoms with E-state index in [0.29, 0.717) is 23.1 Å². The lowest BCUT2D eigenvalue weighted by Crippen LogP contribution is -2.32. The van der Waals surface area contributed by atoms with Gasteiger partial charge >= 0.3 is 0 Å². The molecule has 1 N–H and O–H groups in total. The van der Waals surface area contributed by atoms with E-state index in [1.807, 2.05) is 24.3 Å². The first kappa shape index (κ1) is 21.1. The van der Waals surface area contributed by atoms with Gasteiger partial charge in [-0.2, -0.15) is 0 Å². The van der Waals surface area contributed by atoms with Crippen molar-refractivity contribution in [1.82, 2.24) is 4.90 Å². The monoisotopic (exact) mass is 421 g/mol. The lowest BCUT2D eigenvalue weighted by atomic mass is 9.98. The minimum atomic E-state index is -0.603. The third-order valence-corrected chi connectivity index (χ3v) is 5.68. The van der Waals surface area contributed by atoms with E-state index in [1.54, 1.807) is 24.3 Å². The summed E-state index contributed by atoms with van der Waals surface area (Å²) in [4.78, 5) is 27.8. The van der Waals surface area contributed by atoms with Crippen molar-refractivity contribution in [3.63, 3.8) is 0 Å². The molecule has 6 heteroatoms. The average Bonchev–Trinajstić information content (AvgIpc) is 3.07. The van der Waals surface area contributed by atoms with E-state index < -0.39 is 6.04 Å². The largest absolute Gasteiger partial charge is 0.494 e. The molecule has 1 aromatic heterocycles. The maximum atomic E-state index is 13.3. The normalized spacial score (nSPS) is 15.5. The number of nitrogens with zero attached hydrogens (tertiary/aromatic N) is 1. The second-order valence-corrected chi connectivity index (χ2v) is 7.77. The van der Waals surface area contributed by atoms with E-state index >= 15 is 0 Å². The molecule has 162 valence electrons. The van der Waals surface area contributed by atoms with Crippen LogP contribution in [0.25, 0.3) is 11.0 Å². The van der Waals surface area contributed by atoms with Crippen LogP contribution in [-0.2, 0) is 0 Å². The van der Waals surface area contributed by atoms with Gasteiger partial charge in [-0.15, -0.1) is 0 Å². The van der Waals surface area contributed by atoms with Crippen molar-refractivity contribution in [2.75, 3.05) is 19.8 Å². The summed E-state index contributed by atoms with van der Waals surface area (Å²) in [5.41, 5.74) is 1.27. The molecule has 3 aromatic rings. The summed E-state index contributed by atoms with van der Waals surface area (Å²) in [6.07, 6.45) is 4.55. The number of fused-ring (bicyclic) bond motifs is 2. The predicted molar refractivity (Wildman–Crippen MR) is 119 cm³/mol. The number of aliphatic hydroxyl groups is 1. The van der Waals surface area contributed by atoms with Gasteiger partial charge in [0.2, 0.25) is 5.76 Å². The minimum absolute atomic E-state index is 0.0541. The second kappa shape index (κ2) is 9.35. The van der Waals surface area contributed by atoms with Crippen molar-refractivity contribution < 1.29 is 19.1 Å². The molecular formula is C25H27NO5. The number of carbonyl (C=O) groups is 1. The van der Waals surface area contributed by atoms with Crippen LogP contribution in [0.5, 0.6) is 5.75 Å². The summed E-state index contributed by atoms with van der Waals surface area (Å²) in [7, 11) is 0. The van der Waals surface area contributed by atoms with Gasteiger partial charge in [0, 0.05) is 6.54 Å². The maximum absolute atomic E-state index is 13.3. The van der Waals surface area contributed by atoms with E-state index in [1.165, 1.54) is 17.7 Å². The van der Waals surface area contributed by atoms with Crippen LogP contribution in [0.2, 0.25) is 0 Å². The van der Waals surface area contributed by atoms with Gasteiger partial charge in [-0.3, -0.25) is 9.59 Å². The Morgan fingerprint density at radius 1 is 1.03 bits per heavy atom. The van der Waals surface area contributed by atoms with Gasteiger partial charge in [0.05, 0.1) is 30.2 Å². The summed E-state index contributed by atoms with van der Waals surface area (Å²) in [5.74, 6) is 0.426. The van der Waals surface area contributed by atoms with Crippen molar-refractivity contribution in [3.8, 4) is 5.75 Å². The number of para-hydroxylation sites is 1. The maximum Gasteiger partial charge on any atom is 0.290 e. The number of unbranched alkanes of at least 4 members (excludes halogenated alkanes) is 3. The molecule has 0 aliphatic carbocycles. The average molecular weight is 421 g/mol. The van der Waals surface area contributed by atoms with Gasteiger partial charge in [0.15, 0.2) is 5.43 Å². The summed E-state index contributed by atoms with van der Waals surface area (Å²) < 4.78 is 11.7. The van der Waals surface area contributed by atoms with Gasteiger partial charge in [0.25, 0.3) is 5.91 Å². The number of hydrogen-bond donors (Lipinski definition) is 1. The van der Waals surface area contributed by atoms with Crippen molar-refractivity contribution in [1.29, 1.82) is 0 Å². The molecule has 0 saturated heterocycles. The third kappa shape index (κ3) is 4.08. The topological polar surface area (TPSA) is 80.0 Å². The fourth-order valence-corrected chi connectivity index (χ4v) is 4.12. The summed E-state index contributed by atoms with van der Waals surface area (Å²) in [6.45, 7) is 2.74. The molecule has 4 rings (SSSR count). The molecule has 0 radical (unpaired) electrons. The van der Waals surface area contributed by atoms with E-state index in [9.17, 15) is 14.7 Å². The van der Waals surface area contributed by atoms with Crippen molar-refractivity contribution in [2.24, 2.45) is 0 Å². The smallest absolute Gasteiger partial charge is 0.290 e. The highest BCUT2D eigenvalue weighted by molar-refractivity contribution is 5.99. The van der Waals surface area contributed by atoms with Crippen molar-refractivity contribution in [2.45, 2.75) is 38.6 Å². The molecule has 1 aliphatic heterocycles. The highest BCUT2D eigenvalue weighted by Gasteiger charge is 2.42. The van der Waals surface area contributed by atoms with E-state index in [4.69, 9.17) is 9.15 Å². The van der Waals surface area contributed by atoms with E-state index in [-0.39, 0.29) is 30.2 Å². The highest BCUT2D eigenvalue weighted by atomic mass is 16.5. The third-order valence-electron chi connectivity index (χ3n) is 5.68. The predicted octanol–water partition coefficient (Wildman–Crippen LogP) is 4.29. The fraction of sp³-hybridized carbons (Fsp3) is 0.360. The number of ether oxygens (including phenoxy) is 1. The number of amides is 1. The van der Waals surface area contributed by atoms with Crippen molar-refractivity contribution >= 4 is 16.9 Å². The van der Waals surface area contributed by atoms with E-state index in [0.717, 1.165) is 24.2 Å². The molecule has 0 saturated carbocycles. The van der Waals surface area contributed by atoms with Crippen LogP contribution in [0.1, 0.15) is 60.3 Å². The zero-order valence-electron chi connectivity index (χ0n) is 17.7. The molecule has 1 amide bonds. The van der Waals surface area contributed by atoms with Crippen LogP contribution in [0.3, 0.4) is 0 Å². The van der Waals surface area contributed by atoms with Crippen LogP contribution in [-0.4, -0.2) is 35.7 Å². The van der Waals surface area contributed by atoms with Crippen LogP contribution in [0, 0.1) is 0 Å². The molecule has 0 fully saturated rings. The SMILES string of the molecule is CCCCCCOc1ccc([C@@H]2c3c(oc4ccccc4c3=O)C(=O)N2CCO)cc1. The van der Waals surface area contributed by atoms with Gasteiger partial charge < -0.3 is 19.2 Å². The van der Waals surface area contributed by atoms with Crippen LogP contribution >= 0.6 is 0 Å². The van der Waals surface area contributed by atoms with Crippen molar-refractivity contribution in [3.05, 3.63) is 75.6 Å². The number of β-amino-alcohol motifs (C(OH)–C–C–N with tert-alkyl or cyclic N) is 1. The minimum Gasteiger partial charge on any atom is -0.494 e. The first-order chi connectivity index (χ1) is 15.2. The van der Waals surface area contributed by atoms with Crippen LogP contribution in [0.15, 0.2) is 57.7 Å². The van der Waals surface area contributed by atoms with Gasteiger partial charge in [-0.1, -0.05) is 50.5 Å². The molecule has 0 spiro atoms.